The van der Waals surface area contributed by atoms with Gasteiger partial charge in [0.1, 0.15) is 5.75 Å². The number of H-pyrrole nitrogens is 1. The maximum absolute atomic E-state index is 13.5. The molecule has 2 aromatic carbocycles. The van der Waals surface area contributed by atoms with Crippen molar-refractivity contribution in [3.8, 4) is 22.9 Å². The fourth-order valence-electron chi connectivity index (χ4n) is 5.24. The number of esters is 2. The molecule has 0 bridgehead atoms. The predicted molar refractivity (Wildman–Crippen MR) is 171 cm³/mol. The van der Waals surface area contributed by atoms with Gasteiger partial charge in [0.2, 0.25) is 5.88 Å². The van der Waals surface area contributed by atoms with Crippen LogP contribution in [0.1, 0.15) is 64.9 Å². The fraction of sp³-hybridized carbons (Fsp3) is 0.382. The number of hydrogen-bond donors (Lipinski definition) is 2. The van der Waals surface area contributed by atoms with Gasteiger partial charge in [-0.1, -0.05) is 12.1 Å². The second kappa shape index (κ2) is 15.7. The number of carbonyl (C=O) groups excluding carboxylic acids is 2. The Bertz CT molecular complexity index is 1610. The lowest BCUT2D eigenvalue weighted by molar-refractivity contribution is -0.384. The first-order chi connectivity index (χ1) is 22.1. The summed E-state index contributed by atoms with van der Waals surface area (Å²) in [6.45, 7) is 7.56. The summed E-state index contributed by atoms with van der Waals surface area (Å²) in [5.74, 6) is -0.808. The molecule has 0 saturated heterocycles. The minimum Gasteiger partial charge on any atom is -0.497 e. The second-order valence-corrected chi connectivity index (χ2v) is 11.2. The number of aromatic nitrogens is 2. The highest BCUT2D eigenvalue weighted by molar-refractivity contribution is 6.00. The van der Waals surface area contributed by atoms with E-state index < -0.39 is 28.9 Å². The molecule has 3 aromatic rings. The lowest BCUT2D eigenvalue weighted by atomic mass is 9.80. The van der Waals surface area contributed by atoms with Crippen LogP contribution in [0.15, 0.2) is 77.1 Å². The SMILES string of the molecule is COc1ccc(-c2cc(OCCCCCCOC(=O)C3=C(C)NC(C)=C(C(=O)OC(C)C)C3c3cccc([N+](=O)[O-])c3)n[nH]2)cc1. The number of benzene rings is 2. The van der Waals surface area contributed by atoms with Gasteiger partial charge in [-0.15, -0.1) is 5.10 Å². The maximum Gasteiger partial charge on any atom is 0.337 e. The maximum atomic E-state index is 13.5. The highest BCUT2D eigenvalue weighted by Crippen LogP contribution is 2.40. The third-order valence-electron chi connectivity index (χ3n) is 7.43. The van der Waals surface area contributed by atoms with Gasteiger partial charge in [0.25, 0.3) is 5.69 Å². The van der Waals surface area contributed by atoms with Crippen LogP contribution in [0.5, 0.6) is 11.6 Å². The van der Waals surface area contributed by atoms with Crippen LogP contribution in [0.4, 0.5) is 5.69 Å². The van der Waals surface area contributed by atoms with Gasteiger partial charge in [0.05, 0.1) is 54.1 Å². The Morgan fingerprint density at radius 1 is 0.935 bits per heavy atom. The van der Waals surface area contributed by atoms with E-state index >= 15 is 0 Å². The van der Waals surface area contributed by atoms with Crippen LogP contribution in [0, 0.1) is 10.1 Å². The number of unbranched alkanes of at least 4 members (excludes halogenated alkanes) is 3. The smallest absolute Gasteiger partial charge is 0.337 e. The molecule has 1 aromatic heterocycles. The number of hydrogen-bond acceptors (Lipinski definition) is 10. The van der Waals surface area contributed by atoms with Crippen molar-refractivity contribution in [2.24, 2.45) is 0 Å². The molecular formula is C34H40N4O8. The molecule has 0 aliphatic carbocycles. The number of aromatic amines is 1. The summed E-state index contributed by atoms with van der Waals surface area (Å²) < 4.78 is 22.1. The van der Waals surface area contributed by atoms with Gasteiger partial charge < -0.3 is 24.3 Å². The number of ether oxygens (including phenoxy) is 4. The quantitative estimate of drug-likeness (QED) is 0.0836. The largest absolute Gasteiger partial charge is 0.497 e. The molecule has 4 rings (SSSR count). The van der Waals surface area contributed by atoms with Crippen molar-refractivity contribution in [2.75, 3.05) is 20.3 Å². The summed E-state index contributed by atoms with van der Waals surface area (Å²) in [6.07, 6.45) is 2.70. The van der Waals surface area contributed by atoms with Gasteiger partial charge in [0, 0.05) is 29.6 Å². The number of nitrogens with one attached hydrogen (secondary N) is 2. The normalized spacial score (nSPS) is 14.6. The Balaban J connectivity index is 1.30. The van der Waals surface area contributed by atoms with Gasteiger partial charge >= 0.3 is 11.9 Å². The summed E-state index contributed by atoms with van der Waals surface area (Å²) in [5.41, 5.74) is 3.52. The number of non-ortho nitro benzene ring substituents is 1. The summed E-state index contributed by atoms with van der Waals surface area (Å²) in [7, 11) is 1.63. The number of allylic oxidation sites excluding steroid dienone is 2. The molecule has 0 saturated carbocycles. The van der Waals surface area contributed by atoms with E-state index in [4.69, 9.17) is 18.9 Å². The van der Waals surface area contributed by atoms with Crippen LogP contribution in [-0.4, -0.2) is 53.5 Å². The fourth-order valence-corrected chi connectivity index (χ4v) is 5.24. The molecule has 12 nitrogen and oxygen atoms in total. The van der Waals surface area contributed by atoms with E-state index in [1.807, 2.05) is 30.3 Å². The molecule has 1 atom stereocenters. The lowest BCUT2D eigenvalue weighted by Gasteiger charge is -2.30. The standard InChI is InChI=1S/C34H40N4O8/c1-21(2)46-34(40)31-23(4)35-22(3)30(32(31)25-11-10-12-26(19-25)38(41)42)33(39)45-18-9-7-6-8-17-44-29-20-28(36-37-29)24-13-15-27(43-5)16-14-24/h10-16,19-21,32,35H,6-9,17-18H2,1-5H3,(H,36,37). The summed E-state index contributed by atoms with van der Waals surface area (Å²) in [4.78, 5) is 37.7. The summed E-state index contributed by atoms with van der Waals surface area (Å²) in [6, 6.07) is 15.4. The average molecular weight is 633 g/mol. The van der Waals surface area contributed by atoms with Crippen LogP contribution >= 0.6 is 0 Å². The highest BCUT2D eigenvalue weighted by Gasteiger charge is 2.38. The van der Waals surface area contributed by atoms with Crippen molar-refractivity contribution >= 4 is 17.6 Å². The molecular weight excluding hydrogens is 592 g/mol. The summed E-state index contributed by atoms with van der Waals surface area (Å²) in [5, 5.41) is 21.8. The summed E-state index contributed by atoms with van der Waals surface area (Å²) >= 11 is 0. The number of nitrogens with zero attached hydrogens (tertiary/aromatic N) is 2. The van der Waals surface area contributed by atoms with Crippen molar-refractivity contribution in [1.29, 1.82) is 0 Å². The second-order valence-electron chi connectivity index (χ2n) is 11.2. The van der Waals surface area contributed by atoms with E-state index in [9.17, 15) is 19.7 Å². The van der Waals surface area contributed by atoms with E-state index in [0.717, 1.165) is 36.3 Å². The van der Waals surface area contributed by atoms with Gasteiger partial charge in [-0.25, -0.2) is 9.59 Å². The lowest BCUT2D eigenvalue weighted by Crippen LogP contribution is -2.33. The molecule has 244 valence electrons. The Morgan fingerprint density at radius 2 is 1.61 bits per heavy atom. The van der Waals surface area contributed by atoms with Crippen molar-refractivity contribution in [3.63, 3.8) is 0 Å². The molecule has 2 heterocycles. The average Bonchev–Trinajstić information content (AvgIpc) is 3.50. The number of dihydropyridines is 1. The van der Waals surface area contributed by atoms with E-state index in [-0.39, 0.29) is 23.4 Å². The predicted octanol–water partition coefficient (Wildman–Crippen LogP) is 6.36. The minimum absolute atomic E-state index is 0.149. The molecule has 1 aliphatic heterocycles. The zero-order chi connectivity index (χ0) is 33.2. The molecule has 12 heteroatoms. The van der Waals surface area contributed by atoms with Crippen LogP contribution < -0.4 is 14.8 Å². The zero-order valence-electron chi connectivity index (χ0n) is 26.8. The molecule has 0 fully saturated rings. The Hall–Kier alpha value is -5.13. The number of carbonyl (C=O) groups is 2. The zero-order valence-corrected chi connectivity index (χ0v) is 26.8. The first kappa shape index (κ1) is 33.8. The molecule has 1 aliphatic rings. The van der Waals surface area contributed by atoms with Crippen molar-refractivity contribution in [3.05, 3.63) is 92.8 Å². The Kier molecular flexibility index (Phi) is 11.5. The Morgan fingerprint density at radius 3 is 2.26 bits per heavy atom. The van der Waals surface area contributed by atoms with E-state index in [1.54, 1.807) is 40.9 Å². The van der Waals surface area contributed by atoms with Gasteiger partial charge in [-0.3, -0.25) is 15.2 Å². The van der Waals surface area contributed by atoms with E-state index in [1.165, 1.54) is 18.2 Å². The number of rotatable bonds is 15. The van der Waals surface area contributed by atoms with Gasteiger partial charge in [-0.2, -0.15) is 0 Å². The topological polar surface area (TPSA) is 155 Å². The molecule has 0 amide bonds. The first-order valence-corrected chi connectivity index (χ1v) is 15.2. The molecule has 1 unspecified atom stereocenters. The van der Waals surface area contributed by atoms with Crippen LogP contribution in [0.3, 0.4) is 0 Å². The number of nitro groups is 1. The molecule has 0 spiro atoms. The molecule has 46 heavy (non-hydrogen) atoms. The van der Waals surface area contributed by atoms with Gasteiger partial charge in [-0.05, 0) is 88.8 Å². The third-order valence-corrected chi connectivity index (χ3v) is 7.43. The van der Waals surface area contributed by atoms with E-state index in [2.05, 4.69) is 15.5 Å². The number of methoxy groups -OCH3 is 1. The van der Waals surface area contributed by atoms with Crippen molar-refractivity contribution in [1.82, 2.24) is 15.5 Å². The van der Waals surface area contributed by atoms with Crippen LogP contribution in [0.25, 0.3) is 11.3 Å². The first-order valence-electron chi connectivity index (χ1n) is 15.2. The van der Waals surface area contributed by atoms with Gasteiger partial charge in [0.15, 0.2) is 0 Å². The molecule has 2 N–H and O–H groups in total. The van der Waals surface area contributed by atoms with Crippen LogP contribution in [-0.2, 0) is 19.1 Å². The van der Waals surface area contributed by atoms with Crippen LogP contribution in [0.2, 0.25) is 0 Å². The highest BCUT2D eigenvalue weighted by atomic mass is 16.6. The number of nitro benzene ring substituents is 1. The van der Waals surface area contributed by atoms with E-state index in [0.29, 0.717) is 35.9 Å². The van der Waals surface area contributed by atoms with Crippen molar-refractivity contribution in [2.45, 2.75) is 65.4 Å². The van der Waals surface area contributed by atoms with Crippen molar-refractivity contribution < 1.29 is 33.5 Å². The third kappa shape index (κ3) is 8.52. The monoisotopic (exact) mass is 632 g/mol. The Labute approximate surface area is 267 Å². The molecule has 0 radical (unpaired) electrons. The minimum atomic E-state index is -0.899.